The van der Waals surface area contributed by atoms with Crippen LogP contribution in [0.4, 0.5) is 5.69 Å². The third-order valence-electron chi connectivity index (χ3n) is 9.68. The van der Waals surface area contributed by atoms with Gasteiger partial charge in [-0.15, -0.1) is 0 Å². The van der Waals surface area contributed by atoms with E-state index in [2.05, 4.69) is 30.3 Å². The summed E-state index contributed by atoms with van der Waals surface area (Å²) in [6.07, 6.45) is 7.49. The largest absolute Gasteiger partial charge is 0.490 e. The molecular formula is C37H53N3O7. The maximum absolute atomic E-state index is 14.4. The predicted molar refractivity (Wildman–Crippen MR) is 181 cm³/mol. The van der Waals surface area contributed by atoms with Crippen molar-refractivity contribution in [2.75, 3.05) is 45.5 Å². The molecule has 2 amide bonds. The van der Waals surface area contributed by atoms with Gasteiger partial charge in [0.1, 0.15) is 5.75 Å². The number of aliphatic hydroxyl groups excluding tert-OH is 1. The molecule has 1 aliphatic carbocycles. The van der Waals surface area contributed by atoms with E-state index in [1.165, 1.54) is 6.42 Å². The van der Waals surface area contributed by atoms with Crippen molar-refractivity contribution in [3.8, 4) is 17.2 Å². The quantitative estimate of drug-likeness (QED) is 0.365. The highest BCUT2D eigenvalue weighted by atomic mass is 16.7. The zero-order valence-electron chi connectivity index (χ0n) is 28.5. The Morgan fingerprint density at radius 1 is 1.00 bits per heavy atom. The lowest BCUT2D eigenvalue weighted by Gasteiger charge is -2.36. The van der Waals surface area contributed by atoms with Gasteiger partial charge in [0.15, 0.2) is 11.5 Å². The van der Waals surface area contributed by atoms with Crippen LogP contribution in [0.2, 0.25) is 0 Å². The van der Waals surface area contributed by atoms with Crippen LogP contribution in [0.5, 0.6) is 17.2 Å². The number of rotatable bonds is 8. The van der Waals surface area contributed by atoms with E-state index in [4.69, 9.17) is 18.9 Å². The zero-order valence-corrected chi connectivity index (χ0v) is 28.5. The monoisotopic (exact) mass is 651 g/mol. The topological polar surface area (TPSA) is 110 Å². The van der Waals surface area contributed by atoms with Gasteiger partial charge in [0.05, 0.1) is 30.4 Å². The molecule has 4 atom stereocenters. The van der Waals surface area contributed by atoms with Crippen molar-refractivity contribution in [1.82, 2.24) is 9.80 Å². The van der Waals surface area contributed by atoms with E-state index in [1.807, 2.05) is 32.0 Å². The first-order chi connectivity index (χ1) is 22.7. The highest BCUT2D eigenvalue weighted by Crippen LogP contribution is 2.33. The Morgan fingerprint density at radius 3 is 2.53 bits per heavy atom. The number of amides is 2. The Morgan fingerprint density at radius 2 is 1.74 bits per heavy atom. The third-order valence-corrected chi connectivity index (χ3v) is 9.68. The summed E-state index contributed by atoms with van der Waals surface area (Å²) >= 11 is 0. The Hall–Kier alpha value is -3.34. The molecule has 0 radical (unpaired) electrons. The second kappa shape index (κ2) is 16.7. The van der Waals surface area contributed by atoms with Crippen LogP contribution < -0.4 is 19.5 Å². The van der Waals surface area contributed by atoms with Gasteiger partial charge in [0.2, 0.25) is 12.7 Å². The number of benzene rings is 2. The summed E-state index contributed by atoms with van der Waals surface area (Å²) in [4.78, 5) is 31.5. The molecule has 0 bridgehead atoms. The minimum Gasteiger partial charge on any atom is -0.490 e. The molecule has 0 unspecified atom stereocenters. The molecule has 258 valence electrons. The molecule has 2 heterocycles. The molecule has 10 nitrogen and oxygen atoms in total. The molecule has 47 heavy (non-hydrogen) atoms. The average molecular weight is 652 g/mol. The van der Waals surface area contributed by atoms with E-state index in [9.17, 15) is 14.7 Å². The van der Waals surface area contributed by atoms with Gasteiger partial charge in [-0.3, -0.25) is 14.5 Å². The molecule has 2 aromatic rings. The van der Waals surface area contributed by atoms with Crippen molar-refractivity contribution in [2.24, 2.45) is 11.8 Å². The number of hydrogen-bond acceptors (Lipinski definition) is 8. The van der Waals surface area contributed by atoms with E-state index < -0.39 is 6.04 Å². The molecule has 0 aromatic heterocycles. The number of aliphatic hydroxyl groups is 1. The molecule has 0 spiro atoms. The van der Waals surface area contributed by atoms with Gasteiger partial charge >= 0.3 is 0 Å². The second-order valence-electron chi connectivity index (χ2n) is 13.7. The Bertz CT molecular complexity index is 1350. The first-order valence-corrected chi connectivity index (χ1v) is 17.4. The van der Waals surface area contributed by atoms with Gasteiger partial charge < -0.3 is 34.3 Å². The molecular weight excluding hydrogens is 598 g/mol. The van der Waals surface area contributed by atoms with E-state index in [0.29, 0.717) is 43.2 Å². The van der Waals surface area contributed by atoms with Crippen LogP contribution in [-0.4, -0.2) is 85.1 Å². The van der Waals surface area contributed by atoms with E-state index in [1.54, 1.807) is 17.0 Å². The minimum absolute atomic E-state index is 0.00346. The number of ether oxygens (including phenoxy) is 4. The number of nitrogens with one attached hydrogen (secondary N) is 1. The van der Waals surface area contributed by atoms with Crippen LogP contribution in [-0.2, 0) is 16.1 Å². The maximum Gasteiger partial charge on any atom is 0.258 e. The van der Waals surface area contributed by atoms with E-state index >= 15 is 0 Å². The van der Waals surface area contributed by atoms with Gasteiger partial charge in [0, 0.05) is 43.8 Å². The Balaban J connectivity index is 1.36. The van der Waals surface area contributed by atoms with Crippen molar-refractivity contribution in [2.45, 2.75) is 96.9 Å². The first-order valence-electron chi connectivity index (χ1n) is 17.4. The zero-order chi connectivity index (χ0) is 33.3. The summed E-state index contributed by atoms with van der Waals surface area (Å²) in [5.74, 6) is 1.76. The predicted octanol–water partition coefficient (Wildman–Crippen LogP) is 5.86. The van der Waals surface area contributed by atoms with Crippen LogP contribution >= 0.6 is 0 Å². The van der Waals surface area contributed by atoms with Gasteiger partial charge in [-0.05, 0) is 88.9 Å². The van der Waals surface area contributed by atoms with E-state index in [0.717, 1.165) is 62.0 Å². The molecule has 2 aromatic carbocycles. The van der Waals surface area contributed by atoms with Crippen molar-refractivity contribution in [3.05, 3.63) is 47.5 Å². The van der Waals surface area contributed by atoms with Gasteiger partial charge in [-0.1, -0.05) is 32.3 Å². The summed E-state index contributed by atoms with van der Waals surface area (Å²) in [5, 5.41) is 13.3. The van der Waals surface area contributed by atoms with Crippen LogP contribution in [0, 0.1) is 11.8 Å². The molecule has 3 aliphatic rings. The summed E-state index contributed by atoms with van der Waals surface area (Å²) in [6.45, 7) is 8.41. The lowest BCUT2D eigenvalue weighted by atomic mass is 9.88. The number of hydrogen-bond donors (Lipinski definition) is 2. The molecule has 1 fully saturated rings. The fourth-order valence-electron chi connectivity index (χ4n) is 6.79. The van der Waals surface area contributed by atoms with Crippen LogP contribution in [0.3, 0.4) is 0 Å². The molecule has 2 aliphatic heterocycles. The van der Waals surface area contributed by atoms with Crippen molar-refractivity contribution in [1.29, 1.82) is 0 Å². The minimum atomic E-state index is -0.435. The molecule has 5 rings (SSSR count). The summed E-state index contributed by atoms with van der Waals surface area (Å²) in [5.41, 5.74) is 2.09. The molecule has 10 heteroatoms. The lowest BCUT2D eigenvalue weighted by molar-refractivity contribution is -0.120. The number of carbonyl (C=O) groups excluding carboxylic acids is 2. The molecule has 0 saturated heterocycles. The number of fused-ring (bicyclic) bond motifs is 2. The normalized spacial score (nSPS) is 23.5. The number of anilines is 1. The first kappa shape index (κ1) is 35.0. The standard InChI is InChI=1S/C37H53N3O7/c1-25-20-40(26(2)23-41)37(43)31-19-30(38-36(42)29-11-6-5-7-12-29)14-16-32(31)47-27(3)10-8-9-17-44-35(25)22-39(4)21-28-13-15-33-34(18-28)46-24-45-33/h13-16,18-19,25-27,29,35,41H,5-12,17,20-24H2,1-4H3,(H,38,42)/t25-,26-,27-,35-/m1/s1. The van der Waals surface area contributed by atoms with Crippen molar-refractivity contribution in [3.63, 3.8) is 0 Å². The highest BCUT2D eigenvalue weighted by Gasteiger charge is 2.31. The smallest absolute Gasteiger partial charge is 0.258 e. The maximum atomic E-state index is 14.4. The number of carbonyl (C=O) groups is 2. The van der Waals surface area contributed by atoms with E-state index in [-0.39, 0.29) is 49.3 Å². The average Bonchev–Trinajstić information content (AvgIpc) is 3.54. The Labute approximate surface area is 279 Å². The number of likely N-dealkylation sites (N-methyl/N-ethyl adjacent to an activating group) is 1. The van der Waals surface area contributed by atoms with Crippen LogP contribution in [0.15, 0.2) is 36.4 Å². The van der Waals surface area contributed by atoms with Gasteiger partial charge in [-0.2, -0.15) is 0 Å². The van der Waals surface area contributed by atoms with Gasteiger partial charge in [0.25, 0.3) is 5.91 Å². The van der Waals surface area contributed by atoms with Crippen LogP contribution in [0.25, 0.3) is 0 Å². The van der Waals surface area contributed by atoms with Crippen molar-refractivity contribution >= 4 is 17.5 Å². The summed E-state index contributed by atoms with van der Waals surface area (Å²) in [6, 6.07) is 11.0. The second-order valence-corrected chi connectivity index (χ2v) is 13.7. The summed E-state index contributed by atoms with van der Waals surface area (Å²) in [7, 11) is 2.07. The Kier molecular flexibility index (Phi) is 12.4. The highest BCUT2D eigenvalue weighted by molar-refractivity contribution is 6.00. The van der Waals surface area contributed by atoms with Crippen molar-refractivity contribution < 1.29 is 33.6 Å². The fraction of sp³-hybridized carbons (Fsp3) is 0.622. The van der Waals surface area contributed by atoms with Gasteiger partial charge in [-0.25, -0.2) is 0 Å². The molecule has 2 N–H and O–H groups in total. The summed E-state index contributed by atoms with van der Waals surface area (Å²) < 4.78 is 23.9. The lowest BCUT2D eigenvalue weighted by Crippen LogP contribution is -2.47. The third kappa shape index (κ3) is 9.39. The fourth-order valence-corrected chi connectivity index (χ4v) is 6.79. The van der Waals surface area contributed by atoms with Crippen LogP contribution in [0.1, 0.15) is 88.1 Å². The molecule has 1 saturated carbocycles. The number of nitrogens with zero attached hydrogens (tertiary/aromatic N) is 2. The SMILES string of the molecule is C[C@@H]1CCCCO[C@H](CN(C)Cc2ccc3c(c2)OCO3)[C@H](C)CN([C@H](C)CO)C(=O)c2cc(NC(=O)C3CCCCC3)ccc2O1.